The monoisotopic (exact) mass is 159 g/mol. The molecule has 0 radical (unpaired) electrons. The van der Waals surface area contributed by atoms with Gasteiger partial charge in [-0.05, 0) is 13.1 Å². The number of carbonyl (C=O) groups excluding carboxylic acids is 1. The van der Waals surface area contributed by atoms with Crippen LogP contribution in [-0.2, 0) is 9.47 Å². The van der Waals surface area contributed by atoms with Gasteiger partial charge in [0.15, 0.2) is 6.23 Å². The SMILES string of the molecule is CCN(CC)C1COC(=O)O1. The van der Waals surface area contributed by atoms with Crippen LogP contribution in [0, 0.1) is 0 Å². The molecule has 1 rings (SSSR count). The van der Waals surface area contributed by atoms with Gasteiger partial charge in [-0.25, -0.2) is 4.79 Å². The smallest absolute Gasteiger partial charge is 0.429 e. The molecule has 0 bridgehead atoms. The molecule has 1 fully saturated rings. The summed E-state index contributed by atoms with van der Waals surface area (Å²) in [5, 5.41) is 0. The normalized spacial score (nSPS) is 23.5. The topological polar surface area (TPSA) is 38.8 Å². The number of rotatable bonds is 3. The van der Waals surface area contributed by atoms with Crippen LogP contribution in [0.4, 0.5) is 4.79 Å². The van der Waals surface area contributed by atoms with Crippen LogP contribution in [0.3, 0.4) is 0 Å². The van der Waals surface area contributed by atoms with E-state index >= 15 is 0 Å². The molecule has 0 amide bonds. The lowest BCUT2D eigenvalue weighted by Crippen LogP contribution is -2.36. The van der Waals surface area contributed by atoms with E-state index in [2.05, 4.69) is 4.74 Å². The van der Waals surface area contributed by atoms with Crippen LogP contribution in [-0.4, -0.2) is 37.0 Å². The maximum atomic E-state index is 10.5. The van der Waals surface area contributed by atoms with E-state index in [1.54, 1.807) is 0 Å². The Morgan fingerprint density at radius 3 is 2.55 bits per heavy atom. The van der Waals surface area contributed by atoms with Gasteiger partial charge in [-0.3, -0.25) is 4.90 Å². The fourth-order valence-corrected chi connectivity index (χ4v) is 1.13. The molecule has 0 aromatic rings. The van der Waals surface area contributed by atoms with Crippen LogP contribution in [0.1, 0.15) is 13.8 Å². The second-order valence-electron chi connectivity index (χ2n) is 2.35. The van der Waals surface area contributed by atoms with Gasteiger partial charge in [-0.15, -0.1) is 0 Å². The first-order valence-corrected chi connectivity index (χ1v) is 3.85. The van der Waals surface area contributed by atoms with Gasteiger partial charge in [-0.1, -0.05) is 13.8 Å². The van der Waals surface area contributed by atoms with Gasteiger partial charge in [0, 0.05) is 0 Å². The number of ether oxygens (including phenoxy) is 2. The molecule has 64 valence electrons. The third-order valence-corrected chi connectivity index (χ3v) is 1.80. The maximum absolute atomic E-state index is 10.5. The summed E-state index contributed by atoms with van der Waals surface area (Å²) >= 11 is 0. The van der Waals surface area contributed by atoms with Crippen LogP contribution < -0.4 is 0 Å². The predicted octanol–water partition coefficient (Wildman–Crippen LogP) is 0.821. The minimum atomic E-state index is -0.554. The zero-order valence-corrected chi connectivity index (χ0v) is 6.87. The van der Waals surface area contributed by atoms with Gasteiger partial charge in [0.05, 0.1) is 0 Å². The van der Waals surface area contributed by atoms with Crippen molar-refractivity contribution in [3.63, 3.8) is 0 Å². The molecule has 0 aromatic carbocycles. The second-order valence-corrected chi connectivity index (χ2v) is 2.35. The van der Waals surface area contributed by atoms with E-state index in [1.807, 2.05) is 18.7 Å². The van der Waals surface area contributed by atoms with E-state index in [4.69, 9.17) is 4.74 Å². The van der Waals surface area contributed by atoms with Crippen LogP contribution in [0.15, 0.2) is 0 Å². The van der Waals surface area contributed by atoms with Crippen molar-refractivity contribution >= 4 is 6.16 Å². The molecular weight excluding hydrogens is 146 g/mol. The molecule has 11 heavy (non-hydrogen) atoms. The fraction of sp³-hybridized carbons (Fsp3) is 0.857. The van der Waals surface area contributed by atoms with Crippen molar-refractivity contribution in [2.45, 2.75) is 20.1 Å². The van der Waals surface area contributed by atoms with Crippen molar-refractivity contribution in [3.05, 3.63) is 0 Å². The summed E-state index contributed by atoms with van der Waals surface area (Å²) in [5.41, 5.74) is 0. The summed E-state index contributed by atoms with van der Waals surface area (Å²) in [7, 11) is 0. The lowest BCUT2D eigenvalue weighted by Gasteiger charge is -2.21. The molecule has 4 heteroatoms. The Hall–Kier alpha value is -0.770. The van der Waals surface area contributed by atoms with Crippen molar-refractivity contribution in [1.29, 1.82) is 0 Å². The highest BCUT2D eigenvalue weighted by Crippen LogP contribution is 2.10. The third kappa shape index (κ3) is 1.83. The average molecular weight is 159 g/mol. The molecule has 1 atom stereocenters. The molecule has 1 saturated heterocycles. The van der Waals surface area contributed by atoms with Crippen LogP contribution in [0.5, 0.6) is 0 Å². The molecule has 1 unspecified atom stereocenters. The molecule has 0 saturated carbocycles. The van der Waals surface area contributed by atoms with Crippen molar-refractivity contribution in [2.24, 2.45) is 0 Å². The first kappa shape index (κ1) is 8.33. The highest BCUT2D eigenvalue weighted by molar-refractivity contribution is 5.61. The second kappa shape index (κ2) is 3.57. The zero-order valence-electron chi connectivity index (χ0n) is 6.87. The minimum Gasteiger partial charge on any atom is -0.429 e. The molecule has 0 spiro atoms. The van der Waals surface area contributed by atoms with Crippen molar-refractivity contribution in [3.8, 4) is 0 Å². The van der Waals surface area contributed by atoms with E-state index in [9.17, 15) is 4.79 Å². The Balaban J connectivity index is 2.40. The number of cyclic esters (lactones) is 2. The summed E-state index contributed by atoms with van der Waals surface area (Å²) < 4.78 is 9.52. The van der Waals surface area contributed by atoms with Crippen molar-refractivity contribution in [1.82, 2.24) is 4.90 Å². The average Bonchev–Trinajstić information content (AvgIpc) is 2.39. The lowest BCUT2D eigenvalue weighted by atomic mass is 10.4. The number of likely N-dealkylation sites (N-methyl/N-ethyl adjacent to an activating group) is 1. The molecule has 0 aromatic heterocycles. The van der Waals surface area contributed by atoms with Crippen LogP contribution in [0.25, 0.3) is 0 Å². The van der Waals surface area contributed by atoms with E-state index in [-0.39, 0.29) is 6.23 Å². The Labute approximate surface area is 66.1 Å². The van der Waals surface area contributed by atoms with E-state index in [0.29, 0.717) is 6.61 Å². The molecule has 1 aliphatic rings. The zero-order chi connectivity index (χ0) is 8.27. The van der Waals surface area contributed by atoms with E-state index in [1.165, 1.54) is 0 Å². The minimum absolute atomic E-state index is 0.169. The summed E-state index contributed by atoms with van der Waals surface area (Å²) in [4.78, 5) is 12.6. The van der Waals surface area contributed by atoms with Crippen LogP contribution >= 0.6 is 0 Å². The van der Waals surface area contributed by atoms with Gasteiger partial charge < -0.3 is 9.47 Å². The van der Waals surface area contributed by atoms with Crippen LogP contribution in [0.2, 0.25) is 0 Å². The van der Waals surface area contributed by atoms with Gasteiger partial charge >= 0.3 is 6.16 Å². The molecule has 4 nitrogen and oxygen atoms in total. The lowest BCUT2D eigenvalue weighted by molar-refractivity contribution is 0.0289. The van der Waals surface area contributed by atoms with Gasteiger partial charge in [0.25, 0.3) is 0 Å². The fourth-order valence-electron chi connectivity index (χ4n) is 1.13. The van der Waals surface area contributed by atoms with Crippen molar-refractivity contribution < 1.29 is 14.3 Å². The Morgan fingerprint density at radius 1 is 1.55 bits per heavy atom. The molecule has 0 N–H and O–H groups in total. The van der Waals surface area contributed by atoms with Gasteiger partial charge in [0.1, 0.15) is 6.61 Å². The molecule has 1 aliphatic heterocycles. The molecule has 1 heterocycles. The first-order valence-electron chi connectivity index (χ1n) is 3.85. The standard InChI is InChI=1S/C7H13NO3/c1-3-8(4-2)6-5-10-7(9)11-6/h6H,3-5H2,1-2H3. The third-order valence-electron chi connectivity index (χ3n) is 1.80. The number of hydrogen-bond acceptors (Lipinski definition) is 4. The maximum Gasteiger partial charge on any atom is 0.510 e. The van der Waals surface area contributed by atoms with Gasteiger partial charge in [0.2, 0.25) is 0 Å². The van der Waals surface area contributed by atoms with Crippen molar-refractivity contribution in [2.75, 3.05) is 19.7 Å². The number of carbonyl (C=O) groups is 1. The van der Waals surface area contributed by atoms with E-state index < -0.39 is 6.16 Å². The Bertz CT molecular complexity index is 145. The summed E-state index contributed by atoms with van der Waals surface area (Å²) in [6.07, 6.45) is -0.723. The highest BCUT2D eigenvalue weighted by Gasteiger charge is 2.28. The largest absolute Gasteiger partial charge is 0.510 e. The van der Waals surface area contributed by atoms with E-state index in [0.717, 1.165) is 13.1 Å². The molecule has 0 aliphatic carbocycles. The highest BCUT2D eigenvalue weighted by atomic mass is 16.8. The Kier molecular flexibility index (Phi) is 2.70. The summed E-state index contributed by atoms with van der Waals surface area (Å²) in [6.45, 7) is 6.15. The molecular formula is C7H13NO3. The first-order chi connectivity index (χ1) is 5.27. The Morgan fingerprint density at radius 2 is 2.18 bits per heavy atom. The predicted molar refractivity (Wildman–Crippen MR) is 39.1 cm³/mol. The number of nitrogens with zero attached hydrogens (tertiary/aromatic N) is 1. The van der Waals surface area contributed by atoms with Gasteiger partial charge in [-0.2, -0.15) is 0 Å². The summed E-state index contributed by atoms with van der Waals surface area (Å²) in [6, 6.07) is 0. The quantitative estimate of drug-likeness (QED) is 0.571. The number of hydrogen-bond donors (Lipinski definition) is 0. The summed E-state index contributed by atoms with van der Waals surface area (Å²) in [5.74, 6) is 0.